The first-order chi connectivity index (χ1) is 11.8. The van der Waals surface area contributed by atoms with E-state index < -0.39 is 0 Å². The number of esters is 1. The Kier molecular flexibility index (Phi) is 3.78. The molecule has 1 aliphatic heterocycles. The monoisotopic (exact) mass is 326 g/mol. The Balaban J connectivity index is 1.98. The highest BCUT2D eigenvalue weighted by Gasteiger charge is 2.24. The van der Waals surface area contributed by atoms with Gasteiger partial charge in [-0.05, 0) is 19.1 Å². The summed E-state index contributed by atoms with van der Waals surface area (Å²) in [5.74, 6) is 0.372. The first-order valence-corrected chi connectivity index (χ1v) is 8.06. The van der Waals surface area contributed by atoms with Gasteiger partial charge in [0, 0.05) is 13.1 Å². The van der Waals surface area contributed by atoms with Gasteiger partial charge in [-0.2, -0.15) is 5.10 Å². The number of carbonyl (C=O) groups is 1. The molecule has 4 rings (SSSR count). The fourth-order valence-corrected chi connectivity index (χ4v) is 3.00. The molecule has 124 valence electrons. The minimum absolute atomic E-state index is 0.323. The number of anilines is 1. The molecule has 0 unspecified atom stereocenters. The number of para-hydroxylation sites is 2. The highest BCUT2D eigenvalue weighted by atomic mass is 16.5. The Morgan fingerprint density at radius 1 is 1.29 bits per heavy atom. The molecular formula is C17H18N4O3. The first-order valence-electron chi connectivity index (χ1n) is 8.06. The summed E-state index contributed by atoms with van der Waals surface area (Å²) in [6.45, 7) is 4.86. The summed E-state index contributed by atoms with van der Waals surface area (Å²) in [4.78, 5) is 19.3. The Morgan fingerprint density at radius 2 is 2.08 bits per heavy atom. The minimum atomic E-state index is -0.376. The van der Waals surface area contributed by atoms with E-state index in [0.29, 0.717) is 30.9 Å². The van der Waals surface area contributed by atoms with Gasteiger partial charge >= 0.3 is 5.97 Å². The van der Waals surface area contributed by atoms with Crippen LogP contribution in [-0.2, 0) is 9.47 Å². The maximum atomic E-state index is 12.3. The van der Waals surface area contributed by atoms with Gasteiger partial charge in [0.05, 0.1) is 37.1 Å². The Hall–Kier alpha value is -2.67. The van der Waals surface area contributed by atoms with E-state index in [1.807, 2.05) is 24.3 Å². The van der Waals surface area contributed by atoms with E-state index in [1.165, 1.54) is 0 Å². The molecule has 0 atom stereocenters. The van der Waals surface area contributed by atoms with Crippen molar-refractivity contribution < 1.29 is 14.3 Å². The van der Waals surface area contributed by atoms with Gasteiger partial charge < -0.3 is 14.4 Å². The summed E-state index contributed by atoms with van der Waals surface area (Å²) in [5, 5.41) is 4.42. The van der Waals surface area contributed by atoms with Crippen molar-refractivity contribution in [1.82, 2.24) is 14.6 Å². The third kappa shape index (κ3) is 2.37. The Bertz CT molecular complexity index is 899. The third-order valence-electron chi connectivity index (χ3n) is 4.12. The predicted octanol–water partition coefficient (Wildman–Crippen LogP) is 1.90. The summed E-state index contributed by atoms with van der Waals surface area (Å²) in [7, 11) is 0. The zero-order valence-corrected chi connectivity index (χ0v) is 13.4. The van der Waals surface area contributed by atoms with E-state index >= 15 is 0 Å². The zero-order chi connectivity index (χ0) is 16.5. The molecule has 0 saturated carbocycles. The molecule has 0 N–H and O–H groups in total. The number of aromatic nitrogens is 3. The highest BCUT2D eigenvalue weighted by Crippen LogP contribution is 2.28. The highest BCUT2D eigenvalue weighted by molar-refractivity contribution is 6.02. The quantitative estimate of drug-likeness (QED) is 0.685. The summed E-state index contributed by atoms with van der Waals surface area (Å²) in [6, 6.07) is 7.77. The van der Waals surface area contributed by atoms with Crippen LogP contribution in [0.5, 0.6) is 0 Å². The predicted molar refractivity (Wildman–Crippen MR) is 89.5 cm³/mol. The van der Waals surface area contributed by atoms with Gasteiger partial charge in [-0.15, -0.1) is 0 Å². The Labute approximate surface area is 138 Å². The maximum absolute atomic E-state index is 12.3. The van der Waals surface area contributed by atoms with E-state index in [1.54, 1.807) is 17.6 Å². The van der Waals surface area contributed by atoms with Crippen LogP contribution in [0.1, 0.15) is 17.3 Å². The van der Waals surface area contributed by atoms with E-state index in [2.05, 4.69) is 10.00 Å². The van der Waals surface area contributed by atoms with Crippen molar-refractivity contribution in [3.8, 4) is 0 Å². The average Bonchev–Trinajstić information content (AvgIpc) is 3.07. The molecule has 1 fully saturated rings. The fourth-order valence-electron chi connectivity index (χ4n) is 3.00. The molecule has 0 spiro atoms. The van der Waals surface area contributed by atoms with Crippen molar-refractivity contribution in [2.75, 3.05) is 37.8 Å². The Morgan fingerprint density at radius 3 is 2.88 bits per heavy atom. The molecule has 2 aromatic heterocycles. The number of fused-ring (bicyclic) bond motifs is 3. The lowest BCUT2D eigenvalue weighted by atomic mass is 10.2. The number of hydrogen-bond donors (Lipinski definition) is 0. The lowest BCUT2D eigenvalue weighted by molar-refractivity contribution is 0.0528. The van der Waals surface area contributed by atoms with Gasteiger partial charge in [-0.3, -0.25) is 0 Å². The van der Waals surface area contributed by atoms with Crippen LogP contribution in [0.15, 0.2) is 30.5 Å². The minimum Gasteiger partial charge on any atom is -0.462 e. The summed E-state index contributed by atoms with van der Waals surface area (Å²) >= 11 is 0. The van der Waals surface area contributed by atoms with Crippen LogP contribution in [0.25, 0.3) is 16.6 Å². The second kappa shape index (κ2) is 6.09. The third-order valence-corrected chi connectivity index (χ3v) is 4.12. The lowest BCUT2D eigenvalue weighted by Crippen LogP contribution is -2.37. The molecule has 3 heterocycles. The first kappa shape index (κ1) is 14.9. The van der Waals surface area contributed by atoms with Crippen LogP contribution in [0.2, 0.25) is 0 Å². The van der Waals surface area contributed by atoms with Crippen molar-refractivity contribution in [2.24, 2.45) is 0 Å². The van der Waals surface area contributed by atoms with Crippen molar-refractivity contribution in [1.29, 1.82) is 0 Å². The van der Waals surface area contributed by atoms with Crippen LogP contribution in [0, 0.1) is 0 Å². The van der Waals surface area contributed by atoms with Gasteiger partial charge in [0.2, 0.25) is 0 Å². The molecule has 0 radical (unpaired) electrons. The van der Waals surface area contributed by atoms with Gasteiger partial charge in [0.15, 0.2) is 5.82 Å². The molecule has 7 nitrogen and oxygen atoms in total. The lowest BCUT2D eigenvalue weighted by Gasteiger charge is -2.28. The number of benzene rings is 1. The van der Waals surface area contributed by atoms with Crippen LogP contribution in [0.4, 0.5) is 5.82 Å². The van der Waals surface area contributed by atoms with Crippen LogP contribution >= 0.6 is 0 Å². The van der Waals surface area contributed by atoms with Gasteiger partial charge in [0.25, 0.3) is 0 Å². The van der Waals surface area contributed by atoms with Gasteiger partial charge in [0.1, 0.15) is 11.1 Å². The summed E-state index contributed by atoms with van der Waals surface area (Å²) in [6.07, 6.45) is 1.56. The van der Waals surface area contributed by atoms with Crippen LogP contribution in [0.3, 0.4) is 0 Å². The molecule has 1 aliphatic rings. The number of rotatable bonds is 3. The van der Waals surface area contributed by atoms with Gasteiger partial charge in [-0.1, -0.05) is 12.1 Å². The van der Waals surface area contributed by atoms with Crippen molar-refractivity contribution in [3.63, 3.8) is 0 Å². The van der Waals surface area contributed by atoms with Crippen LogP contribution < -0.4 is 4.90 Å². The van der Waals surface area contributed by atoms with Crippen LogP contribution in [-0.4, -0.2) is 53.5 Å². The summed E-state index contributed by atoms with van der Waals surface area (Å²) in [5.41, 5.74) is 2.83. The maximum Gasteiger partial charge on any atom is 0.342 e. The average molecular weight is 326 g/mol. The molecule has 3 aromatic rings. The second-order valence-electron chi connectivity index (χ2n) is 5.56. The molecule has 1 aromatic carbocycles. The smallest absolute Gasteiger partial charge is 0.342 e. The molecular weight excluding hydrogens is 308 g/mol. The van der Waals surface area contributed by atoms with Crippen molar-refractivity contribution in [3.05, 3.63) is 36.0 Å². The summed E-state index contributed by atoms with van der Waals surface area (Å²) < 4.78 is 12.4. The number of carbonyl (C=O) groups excluding carboxylic acids is 1. The van der Waals surface area contributed by atoms with Gasteiger partial charge in [-0.25, -0.2) is 14.3 Å². The number of ether oxygens (including phenoxy) is 2. The largest absolute Gasteiger partial charge is 0.462 e. The van der Waals surface area contributed by atoms with Crippen molar-refractivity contribution >= 4 is 28.3 Å². The van der Waals surface area contributed by atoms with E-state index in [4.69, 9.17) is 14.5 Å². The normalized spacial score (nSPS) is 15.1. The number of hydrogen-bond acceptors (Lipinski definition) is 6. The molecule has 0 bridgehead atoms. The number of nitrogens with zero attached hydrogens (tertiary/aromatic N) is 4. The van der Waals surface area contributed by atoms with Crippen molar-refractivity contribution in [2.45, 2.75) is 6.92 Å². The molecule has 7 heteroatoms. The van der Waals surface area contributed by atoms with E-state index in [-0.39, 0.29) is 5.97 Å². The van der Waals surface area contributed by atoms with E-state index in [0.717, 1.165) is 29.9 Å². The molecule has 24 heavy (non-hydrogen) atoms. The molecule has 0 aliphatic carbocycles. The SMILES string of the molecule is CCOC(=O)c1cnn2c1c(N1CCOCC1)nc1ccccc12. The zero-order valence-electron chi connectivity index (χ0n) is 13.4. The number of morpholine rings is 1. The second-order valence-corrected chi connectivity index (χ2v) is 5.56. The molecule has 0 amide bonds. The fraction of sp³-hybridized carbons (Fsp3) is 0.353. The molecule has 1 saturated heterocycles. The van der Waals surface area contributed by atoms with E-state index in [9.17, 15) is 4.79 Å². The standard InChI is InChI=1S/C17H18N4O3/c1-2-24-17(22)12-11-18-21-14-6-4-3-5-13(14)19-16(15(12)21)20-7-9-23-10-8-20/h3-6,11H,2,7-10H2,1H3. The topological polar surface area (TPSA) is 69.0 Å².